The number of hydrogen-bond donors (Lipinski definition) is 0. The van der Waals surface area contributed by atoms with Crippen LogP contribution < -0.4 is 0 Å². The molecule has 2 rings (SSSR count). The van der Waals surface area contributed by atoms with Crippen LogP contribution in [0.2, 0.25) is 0 Å². The van der Waals surface area contributed by atoms with E-state index in [0.29, 0.717) is 37.6 Å². The molecule has 0 aliphatic rings. The highest BCUT2D eigenvalue weighted by Crippen LogP contribution is 2.35. The van der Waals surface area contributed by atoms with Crippen molar-refractivity contribution in [1.82, 2.24) is 0 Å². The van der Waals surface area contributed by atoms with Crippen LogP contribution in [0.25, 0.3) is 0 Å². The van der Waals surface area contributed by atoms with Gasteiger partial charge in [-0.3, -0.25) is 4.79 Å². The minimum atomic E-state index is -0.894. The Hall–Kier alpha value is -2.19. The summed E-state index contributed by atoms with van der Waals surface area (Å²) in [6.45, 7) is 8.48. The van der Waals surface area contributed by atoms with Crippen molar-refractivity contribution in [3.63, 3.8) is 0 Å². The molecule has 0 amide bonds. The lowest BCUT2D eigenvalue weighted by atomic mass is 9.82. The fourth-order valence-electron chi connectivity index (χ4n) is 3.58. The lowest BCUT2D eigenvalue weighted by molar-refractivity contribution is -0.177. The van der Waals surface area contributed by atoms with Gasteiger partial charge in [-0.15, -0.1) is 0 Å². The Morgan fingerprint density at radius 1 is 0.625 bits per heavy atom. The summed E-state index contributed by atoms with van der Waals surface area (Å²) in [4.78, 5) is 14.1. The maximum absolute atomic E-state index is 14.1. The third-order valence-corrected chi connectivity index (χ3v) is 4.94. The zero-order chi connectivity index (χ0) is 23.5. The predicted octanol–water partition coefficient (Wildman–Crippen LogP) is 5.20. The first-order valence-electron chi connectivity index (χ1n) is 11.0. The first kappa shape index (κ1) is 26.1. The van der Waals surface area contributed by atoms with Crippen LogP contribution in [-0.4, -0.2) is 44.8 Å². The van der Waals surface area contributed by atoms with Crippen LogP contribution in [0.4, 0.5) is 8.78 Å². The number of ether oxygens (including phenoxy) is 4. The van der Waals surface area contributed by atoms with E-state index in [2.05, 4.69) is 0 Å². The van der Waals surface area contributed by atoms with Crippen molar-refractivity contribution in [1.29, 1.82) is 0 Å². The van der Waals surface area contributed by atoms with Gasteiger partial charge in [0, 0.05) is 26.4 Å². The molecule has 0 bridgehead atoms. The number of carbonyl (C=O) groups excluding carboxylic acids is 1. The van der Waals surface area contributed by atoms with E-state index in [1.165, 1.54) is 24.3 Å². The highest BCUT2D eigenvalue weighted by atomic mass is 19.1. The van der Waals surface area contributed by atoms with Crippen LogP contribution in [0, 0.1) is 11.6 Å². The number of Topliss-reactive ketones (excluding diaryl/α,β-unsaturated/α-hetero) is 1. The summed E-state index contributed by atoms with van der Waals surface area (Å²) in [7, 11) is 0. The molecule has 0 saturated heterocycles. The quantitative estimate of drug-likeness (QED) is 0.370. The number of hydrogen-bond acceptors (Lipinski definition) is 5. The van der Waals surface area contributed by atoms with Crippen LogP contribution in [-0.2, 0) is 23.7 Å². The van der Waals surface area contributed by atoms with Gasteiger partial charge in [-0.2, -0.15) is 0 Å². The Kier molecular flexibility index (Phi) is 10.9. The van der Waals surface area contributed by atoms with Crippen molar-refractivity contribution in [3.05, 3.63) is 71.3 Å². The van der Waals surface area contributed by atoms with Crippen molar-refractivity contribution in [2.45, 2.75) is 52.1 Å². The normalized spacial score (nSPS) is 13.5. The van der Waals surface area contributed by atoms with Gasteiger partial charge in [0.1, 0.15) is 11.6 Å². The minimum Gasteiger partial charge on any atom is -0.352 e. The van der Waals surface area contributed by atoms with Crippen molar-refractivity contribution < 1.29 is 32.5 Å². The maximum Gasteiger partial charge on any atom is 0.171 e. The molecule has 2 aromatic carbocycles. The Labute approximate surface area is 188 Å². The molecule has 5 nitrogen and oxygen atoms in total. The average molecular weight is 451 g/mol. The largest absolute Gasteiger partial charge is 0.352 e. The second kappa shape index (κ2) is 13.4. The molecule has 0 spiro atoms. The second-order valence-corrected chi connectivity index (χ2v) is 7.02. The fourth-order valence-corrected chi connectivity index (χ4v) is 3.58. The molecule has 32 heavy (non-hydrogen) atoms. The van der Waals surface area contributed by atoms with E-state index >= 15 is 0 Å². The predicted molar refractivity (Wildman–Crippen MR) is 117 cm³/mol. The molecule has 0 heterocycles. The monoisotopic (exact) mass is 450 g/mol. The highest BCUT2D eigenvalue weighted by molar-refractivity contribution is 5.92. The highest BCUT2D eigenvalue weighted by Gasteiger charge is 2.40. The van der Waals surface area contributed by atoms with E-state index in [-0.39, 0.29) is 5.78 Å². The summed E-state index contributed by atoms with van der Waals surface area (Å²) in [6.07, 6.45) is -1.79. The first-order chi connectivity index (χ1) is 15.5. The summed E-state index contributed by atoms with van der Waals surface area (Å²) >= 11 is 0. The number of carbonyl (C=O) groups is 1. The summed E-state index contributed by atoms with van der Waals surface area (Å²) in [5.74, 6) is -2.88. The zero-order valence-corrected chi connectivity index (χ0v) is 19.1. The van der Waals surface area contributed by atoms with Crippen molar-refractivity contribution in [2.75, 3.05) is 26.4 Å². The lowest BCUT2D eigenvalue weighted by Gasteiger charge is -2.32. The molecule has 2 atom stereocenters. The smallest absolute Gasteiger partial charge is 0.171 e. The minimum absolute atomic E-state index is 0.290. The molecule has 0 aromatic heterocycles. The number of benzene rings is 2. The summed E-state index contributed by atoms with van der Waals surface area (Å²) in [5.41, 5.74) is 1.09. The molecule has 0 aliphatic heterocycles. The standard InChI is InChI=1S/C25H32F2O5/c1-5-29-24(30-6-2)21(17-9-13-19(26)14-10-17)23(28)22(25(31-7-3)32-8-4)18-11-15-20(27)16-12-18/h9-16,21-22,24-25H,5-8H2,1-4H3. The van der Waals surface area contributed by atoms with E-state index in [1.807, 2.05) is 0 Å². The summed E-state index contributed by atoms with van der Waals surface area (Å²) < 4.78 is 50.3. The van der Waals surface area contributed by atoms with Gasteiger partial charge >= 0.3 is 0 Å². The van der Waals surface area contributed by atoms with Gasteiger partial charge in [0.15, 0.2) is 18.4 Å². The molecule has 0 saturated carbocycles. The van der Waals surface area contributed by atoms with Crippen LogP contribution in [0.5, 0.6) is 0 Å². The number of rotatable bonds is 14. The molecule has 7 heteroatoms. The first-order valence-corrected chi connectivity index (χ1v) is 11.0. The van der Waals surface area contributed by atoms with Crippen LogP contribution >= 0.6 is 0 Å². The molecular weight excluding hydrogens is 418 g/mol. The van der Waals surface area contributed by atoms with E-state index in [1.54, 1.807) is 52.0 Å². The maximum atomic E-state index is 14.1. The van der Waals surface area contributed by atoms with Gasteiger partial charge in [0.2, 0.25) is 0 Å². The van der Waals surface area contributed by atoms with Crippen molar-refractivity contribution in [3.8, 4) is 0 Å². The SMILES string of the molecule is CCOC(OCC)C(C(=O)C(c1ccc(F)cc1)C(OCC)OCC)c1ccc(F)cc1. The van der Waals surface area contributed by atoms with Gasteiger partial charge in [0.25, 0.3) is 0 Å². The zero-order valence-electron chi connectivity index (χ0n) is 19.1. The lowest BCUT2D eigenvalue weighted by Crippen LogP contribution is -2.39. The molecule has 0 aliphatic carbocycles. The van der Waals surface area contributed by atoms with Gasteiger partial charge in [-0.25, -0.2) is 8.78 Å². The average Bonchev–Trinajstić information content (AvgIpc) is 2.77. The molecule has 0 N–H and O–H groups in total. The van der Waals surface area contributed by atoms with Gasteiger partial charge in [-0.1, -0.05) is 24.3 Å². The molecule has 2 aromatic rings. The Balaban J connectivity index is 2.60. The topological polar surface area (TPSA) is 54.0 Å². The van der Waals surface area contributed by atoms with Crippen LogP contribution in [0.15, 0.2) is 48.5 Å². The van der Waals surface area contributed by atoms with Gasteiger partial charge < -0.3 is 18.9 Å². The summed E-state index contributed by atoms with van der Waals surface area (Å²) in [5, 5.41) is 0. The van der Waals surface area contributed by atoms with Crippen molar-refractivity contribution >= 4 is 5.78 Å². The Morgan fingerprint density at radius 2 is 0.906 bits per heavy atom. The van der Waals surface area contributed by atoms with E-state index in [0.717, 1.165) is 0 Å². The molecular formula is C25H32F2O5. The van der Waals surface area contributed by atoms with Crippen LogP contribution in [0.3, 0.4) is 0 Å². The fraction of sp³-hybridized carbons (Fsp3) is 0.480. The Morgan fingerprint density at radius 3 is 1.16 bits per heavy atom. The van der Waals surface area contributed by atoms with E-state index in [9.17, 15) is 13.6 Å². The van der Waals surface area contributed by atoms with Crippen LogP contribution in [0.1, 0.15) is 50.7 Å². The molecule has 176 valence electrons. The third kappa shape index (κ3) is 6.90. The Bertz CT molecular complexity index is 731. The van der Waals surface area contributed by atoms with Gasteiger partial charge in [0.05, 0.1) is 11.8 Å². The summed E-state index contributed by atoms with van der Waals surface area (Å²) in [6, 6.07) is 11.3. The van der Waals surface area contributed by atoms with E-state index in [4.69, 9.17) is 18.9 Å². The molecule has 0 fully saturated rings. The second-order valence-electron chi connectivity index (χ2n) is 7.02. The molecule has 2 unspecified atom stereocenters. The number of halogens is 2. The van der Waals surface area contributed by atoms with Crippen molar-refractivity contribution in [2.24, 2.45) is 0 Å². The van der Waals surface area contributed by atoms with E-state index < -0.39 is 36.1 Å². The molecule has 0 radical (unpaired) electrons. The van der Waals surface area contributed by atoms with Gasteiger partial charge in [-0.05, 0) is 63.1 Å². The third-order valence-electron chi connectivity index (χ3n) is 4.94. The number of ketones is 1.